The van der Waals surface area contributed by atoms with Gasteiger partial charge in [-0.25, -0.2) is 12.7 Å². The third-order valence-corrected chi connectivity index (χ3v) is 4.81. The molecule has 1 aromatic rings. The molecule has 0 heterocycles. The fourth-order valence-electron chi connectivity index (χ4n) is 1.40. The van der Waals surface area contributed by atoms with Gasteiger partial charge >= 0.3 is 0 Å². The summed E-state index contributed by atoms with van der Waals surface area (Å²) in [6.07, 6.45) is 1.76. The van der Waals surface area contributed by atoms with Gasteiger partial charge in [-0.2, -0.15) is 0 Å². The molecule has 0 fully saturated rings. The SMILES string of the molecule is CCCCN(C)S(=O)(=O)c1ccc(N)cc1Cl. The molecule has 2 N–H and O–H groups in total. The molecule has 0 unspecified atom stereocenters. The molecule has 0 saturated carbocycles. The van der Waals surface area contributed by atoms with Crippen LogP contribution in [0.4, 0.5) is 5.69 Å². The van der Waals surface area contributed by atoms with Crippen molar-refractivity contribution in [1.29, 1.82) is 0 Å². The van der Waals surface area contributed by atoms with Crippen LogP contribution in [-0.2, 0) is 10.0 Å². The molecule has 0 saturated heterocycles. The second-order valence-corrected chi connectivity index (χ2v) is 6.29. The molecule has 0 bridgehead atoms. The molecule has 0 aliphatic heterocycles. The molecular weight excluding hydrogens is 260 g/mol. The summed E-state index contributed by atoms with van der Waals surface area (Å²) < 4.78 is 25.7. The zero-order chi connectivity index (χ0) is 13.1. The largest absolute Gasteiger partial charge is 0.399 e. The lowest BCUT2D eigenvalue weighted by Gasteiger charge is -2.17. The first-order valence-electron chi connectivity index (χ1n) is 5.41. The quantitative estimate of drug-likeness (QED) is 0.840. The zero-order valence-corrected chi connectivity index (χ0v) is 11.6. The van der Waals surface area contributed by atoms with Crippen molar-refractivity contribution in [3.8, 4) is 0 Å². The minimum absolute atomic E-state index is 0.104. The Morgan fingerprint density at radius 3 is 2.59 bits per heavy atom. The molecule has 17 heavy (non-hydrogen) atoms. The van der Waals surface area contributed by atoms with Gasteiger partial charge in [-0.1, -0.05) is 24.9 Å². The molecule has 0 spiro atoms. The third-order valence-electron chi connectivity index (χ3n) is 2.47. The first-order chi connectivity index (χ1) is 7.89. The van der Waals surface area contributed by atoms with Crippen molar-refractivity contribution >= 4 is 27.3 Å². The topological polar surface area (TPSA) is 63.4 Å². The Kier molecular flexibility index (Phi) is 4.80. The number of rotatable bonds is 5. The van der Waals surface area contributed by atoms with E-state index in [1.807, 2.05) is 6.92 Å². The summed E-state index contributed by atoms with van der Waals surface area (Å²) in [6.45, 7) is 2.50. The molecule has 0 radical (unpaired) electrons. The number of sulfonamides is 1. The Balaban J connectivity index is 3.04. The Morgan fingerprint density at radius 1 is 1.41 bits per heavy atom. The number of hydrogen-bond acceptors (Lipinski definition) is 3. The van der Waals surface area contributed by atoms with E-state index in [1.165, 1.54) is 22.5 Å². The van der Waals surface area contributed by atoms with E-state index in [4.69, 9.17) is 17.3 Å². The van der Waals surface area contributed by atoms with Gasteiger partial charge in [-0.15, -0.1) is 0 Å². The van der Waals surface area contributed by atoms with Gasteiger partial charge in [0.05, 0.1) is 5.02 Å². The normalized spacial score (nSPS) is 12.0. The average molecular weight is 277 g/mol. The smallest absolute Gasteiger partial charge is 0.244 e. The highest BCUT2D eigenvalue weighted by Gasteiger charge is 2.22. The molecule has 1 aromatic carbocycles. The van der Waals surface area contributed by atoms with E-state index in [-0.39, 0.29) is 9.92 Å². The van der Waals surface area contributed by atoms with Crippen molar-refractivity contribution in [3.63, 3.8) is 0 Å². The molecule has 0 atom stereocenters. The standard InChI is InChI=1S/C11H17ClN2O2S/c1-3-4-7-14(2)17(15,16)11-6-5-9(13)8-10(11)12/h5-6,8H,3-4,7,13H2,1-2H3. The van der Waals surface area contributed by atoms with Crippen LogP contribution in [0, 0.1) is 0 Å². The number of hydrogen-bond donors (Lipinski definition) is 1. The van der Waals surface area contributed by atoms with Crippen LogP contribution in [0.2, 0.25) is 5.02 Å². The Bertz CT molecular complexity index is 488. The Morgan fingerprint density at radius 2 is 2.06 bits per heavy atom. The van der Waals surface area contributed by atoms with Gasteiger partial charge in [0.1, 0.15) is 4.90 Å². The van der Waals surface area contributed by atoms with Gasteiger partial charge in [-0.05, 0) is 24.6 Å². The maximum atomic E-state index is 12.2. The van der Waals surface area contributed by atoms with E-state index in [0.717, 1.165) is 12.8 Å². The van der Waals surface area contributed by atoms with Crippen LogP contribution in [-0.4, -0.2) is 26.3 Å². The van der Waals surface area contributed by atoms with Crippen LogP contribution in [0.15, 0.2) is 23.1 Å². The molecule has 4 nitrogen and oxygen atoms in total. The number of benzene rings is 1. The molecule has 0 aliphatic carbocycles. The van der Waals surface area contributed by atoms with Gasteiger partial charge < -0.3 is 5.73 Å². The zero-order valence-electron chi connectivity index (χ0n) is 9.98. The predicted octanol–water partition coefficient (Wildman–Crippen LogP) is 2.34. The maximum Gasteiger partial charge on any atom is 0.244 e. The van der Waals surface area contributed by atoms with Gasteiger partial charge in [0, 0.05) is 19.3 Å². The van der Waals surface area contributed by atoms with Gasteiger partial charge in [0.15, 0.2) is 0 Å². The first-order valence-corrected chi connectivity index (χ1v) is 7.22. The summed E-state index contributed by atoms with van der Waals surface area (Å²) in [6, 6.07) is 4.42. The molecular formula is C11H17ClN2O2S. The van der Waals surface area contributed by atoms with E-state index >= 15 is 0 Å². The number of nitrogens with two attached hydrogens (primary N) is 1. The molecule has 0 aliphatic rings. The van der Waals surface area contributed by atoms with Gasteiger partial charge in [0.25, 0.3) is 0 Å². The summed E-state index contributed by atoms with van der Waals surface area (Å²) in [4.78, 5) is 0.104. The Hall–Kier alpha value is -0.780. The monoisotopic (exact) mass is 276 g/mol. The van der Waals surface area contributed by atoms with E-state index in [2.05, 4.69) is 0 Å². The summed E-state index contributed by atoms with van der Waals surface area (Å²) in [5.41, 5.74) is 5.98. The number of nitrogen functional groups attached to an aromatic ring is 1. The lowest BCUT2D eigenvalue weighted by Crippen LogP contribution is -2.28. The number of halogens is 1. The van der Waals surface area contributed by atoms with E-state index in [1.54, 1.807) is 7.05 Å². The van der Waals surface area contributed by atoms with E-state index in [0.29, 0.717) is 12.2 Å². The Labute approximate surface area is 107 Å². The van der Waals surface area contributed by atoms with Gasteiger partial charge in [-0.3, -0.25) is 0 Å². The van der Waals surface area contributed by atoms with Crippen molar-refractivity contribution in [1.82, 2.24) is 4.31 Å². The molecule has 96 valence electrons. The average Bonchev–Trinajstić information content (AvgIpc) is 2.25. The summed E-state index contributed by atoms with van der Waals surface area (Å²) >= 11 is 5.91. The second kappa shape index (κ2) is 5.71. The predicted molar refractivity (Wildman–Crippen MR) is 70.6 cm³/mol. The number of anilines is 1. The number of unbranched alkanes of at least 4 members (excludes halogenated alkanes) is 1. The van der Waals surface area contributed by atoms with Crippen LogP contribution < -0.4 is 5.73 Å². The van der Waals surface area contributed by atoms with Crippen molar-refractivity contribution < 1.29 is 8.42 Å². The minimum Gasteiger partial charge on any atom is -0.399 e. The highest BCUT2D eigenvalue weighted by Crippen LogP contribution is 2.26. The van der Waals surface area contributed by atoms with Crippen LogP contribution in [0.3, 0.4) is 0 Å². The summed E-state index contributed by atoms with van der Waals surface area (Å²) in [5, 5.41) is 0.161. The molecule has 0 aromatic heterocycles. The first kappa shape index (κ1) is 14.3. The molecule has 6 heteroatoms. The fraction of sp³-hybridized carbons (Fsp3) is 0.455. The minimum atomic E-state index is -3.51. The molecule has 0 amide bonds. The van der Waals surface area contributed by atoms with Crippen molar-refractivity contribution in [2.75, 3.05) is 19.3 Å². The third kappa shape index (κ3) is 3.34. The lowest BCUT2D eigenvalue weighted by molar-refractivity contribution is 0.459. The fourth-order valence-corrected chi connectivity index (χ4v) is 3.13. The summed E-state index contributed by atoms with van der Waals surface area (Å²) in [7, 11) is -1.96. The summed E-state index contributed by atoms with van der Waals surface area (Å²) in [5.74, 6) is 0. The highest BCUT2D eigenvalue weighted by molar-refractivity contribution is 7.89. The lowest BCUT2D eigenvalue weighted by atomic mass is 10.3. The second-order valence-electron chi connectivity index (χ2n) is 3.87. The van der Waals surface area contributed by atoms with Crippen molar-refractivity contribution in [2.24, 2.45) is 0 Å². The highest BCUT2D eigenvalue weighted by atomic mass is 35.5. The van der Waals surface area contributed by atoms with Crippen LogP contribution in [0.1, 0.15) is 19.8 Å². The van der Waals surface area contributed by atoms with Crippen LogP contribution in [0.5, 0.6) is 0 Å². The van der Waals surface area contributed by atoms with Crippen LogP contribution >= 0.6 is 11.6 Å². The van der Waals surface area contributed by atoms with Crippen molar-refractivity contribution in [3.05, 3.63) is 23.2 Å². The van der Waals surface area contributed by atoms with Crippen molar-refractivity contribution in [2.45, 2.75) is 24.7 Å². The van der Waals surface area contributed by atoms with E-state index < -0.39 is 10.0 Å². The molecule has 1 rings (SSSR count). The maximum absolute atomic E-state index is 12.2. The number of nitrogens with zero attached hydrogens (tertiary/aromatic N) is 1. The van der Waals surface area contributed by atoms with Crippen LogP contribution in [0.25, 0.3) is 0 Å². The van der Waals surface area contributed by atoms with E-state index in [9.17, 15) is 8.42 Å². The van der Waals surface area contributed by atoms with Gasteiger partial charge in [0.2, 0.25) is 10.0 Å².